The van der Waals surface area contributed by atoms with Crippen LogP contribution in [-0.2, 0) is 16.0 Å². The van der Waals surface area contributed by atoms with Crippen LogP contribution in [0, 0.1) is 0 Å². The maximum Gasteiger partial charge on any atom is 0.407 e. The van der Waals surface area contributed by atoms with Gasteiger partial charge in [-0.25, -0.2) is 4.79 Å². The SMILES string of the molecule is O=C(O)CC(Cc1c[nH]c2ccccc12)NC(=O)OCC1c2ccccc2-c2ccccc21. The number of amides is 1. The van der Waals surface area contributed by atoms with Gasteiger partial charge in [0.1, 0.15) is 6.61 Å². The van der Waals surface area contributed by atoms with Crippen LogP contribution in [-0.4, -0.2) is 34.8 Å². The molecule has 1 aliphatic rings. The highest BCUT2D eigenvalue weighted by Crippen LogP contribution is 2.44. The lowest BCUT2D eigenvalue weighted by Crippen LogP contribution is -2.38. The van der Waals surface area contributed by atoms with Crippen LogP contribution >= 0.6 is 0 Å². The van der Waals surface area contributed by atoms with E-state index in [0.29, 0.717) is 6.42 Å². The first-order valence-corrected chi connectivity index (χ1v) is 11.0. The number of fused-ring (bicyclic) bond motifs is 4. The maximum absolute atomic E-state index is 12.7. The van der Waals surface area contributed by atoms with Crippen LogP contribution in [0.3, 0.4) is 0 Å². The zero-order chi connectivity index (χ0) is 22.8. The lowest BCUT2D eigenvalue weighted by atomic mass is 9.98. The number of benzene rings is 3. The van der Waals surface area contributed by atoms with Crippen LogP contribution < -0.4 is 5.32 Å². The van der Waals surface area contributed by atoms with Gasteiger partial charge >= 0.3 is 12.1 Å². The molecule has 0 saturated carbocycles. The number of rotatable bonds is 7. The molecule has 1 atom stereocenters. The number of hydrogen-bond donors (Lipinski definition) is 3. The summed E-state index contributed by atoms with van der Waals surface area (Å²) in [5, 5.41) is 13.1. The number of H-pyrrole nitrogens is 1. The Bertz CT molecular complexity index is 1280. The molecule has 0 radical (unpaired) electrons. The van der Waals surface area contributed by atoms with Crippen molar-refractivity contribution in [2.24, 2.45) is 0 Å². The predicted octanol–water partition coefficient (Wildman–Crippen LogP) is 5.09. The van der Waals surface area contributed by atoms with E-state index in [4.69, 9.17) is 4.74 Å². The van der Waals surface area contributed by atoms with Gasteiger partial charge in [0.25, 0.3) is 0 Å². The number of alkyl carbamates (subject to hydrolysis) is 1. The topological polar surface area (TPSA) is 91.4 Å². The van der Waals surface area contributed by atoms with E-state index in [1.165, 1.54) is 0 Å². The molecule has 6 heteroatoms. The molecule has 0 fully saturated rings. The Kier molecular flexibility index (Phi) is 5.57. The number of carbonyl (C=O) groups is 2. The van der Waals surface area contributed by atoms with E-state index in [-0.39, 0.29) is 18.9 Å². The van der Waals surface area contributed by atoms with Crippen molar-refractivity contribution in [3.05, 3.63) is 95.7 Å². The molecule has 0 bridgehead atoms. The number of carboxylic acids is 1. The van der Waals surface area contributed by atoms with E-state index >= 15 is 0 Å². The molecule has 0 aliphatic heterocycles. The minimum absolute atomic E-state index is 0.0466. The number of aromatic nitrogens is 1. The molecule has 3 aromatic carbocycles. The molecule has 33 heavy (non-hydrogen) atoms. The fraction of sp³-hybridized carbons (Fsp3) is 0.185. The highest BCUT2D eigenvalue weighted by molar-refractivity contribution is 5.83. The number of ether oxygens (including phenoxy) is 1. The molecule has 6 nitrogen and oxygen atoms in total. The second-order valence-electron chi connectivity index (χ2n) is 8.33. The summed E-state index contributed by atoms with van der Waals surface area (Å²) < 4.78 is 5.61. The first-order valence-electron chi connectivity index (χ1n) is 11.0. The molecule has 0 saturated heterocycles. The normalized spacial score (nSPS) is 13.3. The quantitative estimate of drug-likeness (QED) is 0.373. The summed E-state index contributed by atoms with van der Waals surface area (Å²) in [6.45, 7) is 0.187. The van der Waals surface area contributed by atoms with Crippen molar-refractivity contribution in [1.82, 2.24) is 10.3 Å². The molecule has 3 N–H and O–H groups in total. The van der Waals surface area contributed by atoms with Gasteiger partial charge < -0.3 is 20.1 Å². The van der Waals surface area contributed by atoms with Gasteiger partial charge in [0.15, 0.2) is 0 Å². The Labute approximate surface area is 191 Å². The summed E-state index contributed by atoms with van der Waals surface area (Å²) in [7, 11) is 0. The fourth-order valence-corrected chi connectivity index (χ4v) is 4.76. The molecular formula is C27H24N2O4. The summed E-state index contributed by atoms with van der Waals surface area (Å²) in [5.74, 6) is -1.02. The zero-order valence-corrected chi connectivity index (χ0v) is 18.0. The Hall–Kier alpha value is -4.06. The van der Waals surface area contributed by atoms with E-state index in [9.17, 15) is 14.7 Å². The summed E-state index contributed by atoms with van der Waals surface area (Å²) in [6, 6.07) is 23.5. The van der Waals surface area contributed by atoms with Crippen molar-refractivity contribution in [3.63, 3.8) is 0 Å². The number of para-hydroxylation sites is 1. The number of aromatic amines is 1. The van der Waals surface area contributed by atoms with Gasteiger partial charge in [-0.3, -0.25) is 4.79 Å². The van der Waals surface area contributed by atoms with Crippen LogP contribution in [0.2, 0.25) is 0 Å². The number of hydrogen-bond acceptors (Lipinski definition) is 3. The maximum atomic E-state index is 12.7. The largest absolute Gasteiger partial charge is 0.481 e. The lowest BCUT2D eigenvalue weighted by molar-refractivity contribution is -0.137. The standard InChI is InChI=1S/C27H24N2O4/c30-26(31)14-18(13-17-15-28-25-12-6-5-7-19(17)25)29-27(32)33-16-24-22-10-3-1-8-20(22)21-9-2-4-11-23(21)24/h1-12,15,18,24,28H,13-14,16H2,(H,29,32)(H,30,31). The highest BCUT2D eigenvalue weighted by atomic mass is 16.5. The number of nitrogens with one attached hydrogen (secondary N) is 2. The zero-order valence-electron chi connectivity index (χ0n) is 18.0. The molecule has 4 aromatic rings. The average molecular weight is 440 g/mol. The van der Waals surface area contributed by atoms with Crippen LogP contribution in [0.15, 0.2) is 79.0 Å². The van der Waals surface area contributed by atoms with Gasteiger partial charge in [0.2, 0.25) is 0 Å². The third kappa shape index (κ3) is 4.20. The lowest BCUT2D eigenvalue weighted by Gasteiger charge is -2.19. The van der Waals surface area contributed by atoms with Crippen molar-refractivity contribution >= 4 is 23.0 Å². The monoisotopic (exact) mass is 440 g/mol. The first kappa shape index (κ1) is 20.8. The van der Waals surface area contributed by atoms with E-state index in [1.807, 2.05) is 54.7 Å². The molecule has 166 valence electrons. The van der Waals surface area contributed by atoms with E-state index in [0.717, 1.165) is 38.7 Å². The third-order valence-corrected chi connectivity index (χ3v) is 6.23. The van der Waals surface area contributed by atoms with E-state index in [2.05, 4.69) is 34.6 Å². The van der Waals surface area contributed by atoms with Crippen LogP contribution in [0.4, 0.5) is 4.79 Å². The molecular weight excluding hydrogens is 416 g/mol. The van der Waals surface area contributed by atoms with Crippen molar-refractivity contribution in [1.29, 1.82) is 0 Å². The molecule has 1 heterocycles. The van der Waals surface area contributed by atoms with Gasteiger partial charge in [-0.1, -0.05) is 66.7 Å². The van der Waals surface area contributed by atoms with Gasteiger partial charge in [0, 0.05) is 29.1 Å². The Morgan fingerprint density at radius 2 is 1.58 bits per heavy atom. The molecule has 5 rings (SSSR count). The smallest absolute Gasteiger partial charge is 0.407 e. The number of carbonyl (C=O) groups excluding carboxylic acids is 1. The van der Waals surface area contributed by atoms with Gasteiger partial charge in [-0.2, -0.15) is 0 Å². The molecule has 1 amide bonds. The number of aliphatic carboxylic acids is 1. The second-order valence-corrected chi connectivity index (χ2v) is 8.33. The molecule has 1 unspecified atom stereocenters. The minimum atomic E-state index is -0.973. The molecule has 1 aliphatic carbocycles. The summed E-state index contributed by atoms with van der Waals surface area (Å²) in [5.41, 5.74) is 6.51. The van der Waals surface area contributed by atoms with Crippen LogP contribution in [0.1, 0.15) is 29.0 Å². The highest BCUT2D eigenvalue weighted by Gasteiger charge is 2.29. The van der Waals surface area contributed by atoms with Gasteiger partial charge in [-0.15, -0.1) is 0 Å². The Morgan fingerprint density at radius 3 is 2.27 bits per heavy atom. The number of carboxylic acid groups (broad SMARTS) is 1. The first-order chi connectivity index (χ1) is 16.1. The van der Waals surface area contributed by atoms with Crippen molar-refractivity contribution < 1.29 is 19.4 Å². The third-order valence-electron chi connectivity index (χ3n) is 6.23. The fourth-order valence-electron chi connectivity index (χ4n) is 4.76. The minimum Gasteiger partial charge on any atom is -0.481 e. The van der Waals surface area contributed by atoms with E-state index < -0.39 is 18.1 Å². The van der Waals surface area contributed by atoms with Crippen molar-refractivity contribution in [2.75, 3.05) is 6.61 Å². The van der Waals surface area contributed by atoms with Crippen LogP contribution in [0.25, 0.3) is 22.0 Å². The summed E-state index contributed by atoms with van der Waals surface area (Å²) in [4.78, 5) is 27.3. The summed E-state index contributed by atoms with van der Waals surface area (Å²) >= 11 is 0. The second kappa shape index (κ2) is 8.82. The van der Waals surface area contributed by atoms with E-state index in [1.54, 1.807) is 0 Å². The molecule has 0 spiro atoms. The average Bonchev–Trinajstić information content (AvgIpc) is 3.36. The Balaban J connectivity index is 1.28. The van der Waals surface area contributed by atoms with Crippen molar-refractivity contribution in [2.45, 2.75) is 24.8 Å². The summed E-state index contributed by atoms with van der Waals surface area (Å²) in [6.07, 6.45) is 1.45. The van der Waals surface area contributed by atoms with Crippen molar-refractivity contribution in [3.8, 4) is 11.1 Å². The van der Waals surface area contributed by atoms with Gasteiger partial charge in [-0.05, 0) is 40.3 Å². The van der Waals surface area contributed by atoms with Gasteiger partial charge in [0.05, 0.1) is 6.42 Å². The van der Waals surface area contributed by atoms with Crippen LogP contribution in [0.5, 0.6) is 0 Å². The Morgan fingerprint density at radius 1 is 0.939 bits per heavy atom. The predicted molar refractivity (Wildman–Crippen MR) is 126 cm³/mol. The molecule has 1 aromatic heterocycles.